The minimum Gasteiger partial charge on any atom is -0.399 e. The molecule has 2 aromatic rings. The number of anilines is 1. The Balaban J connectivity index is 1.84. The molecule has 0 radical (unpaired) electrons. The molecule has 0 fully saturated rings. The number of carbonyl (C=O) groups is 1. The lowest BCUT2D eigenvalue weighted by atomic mass is 10.1. The van der Waals surface area contributed by atoms with Crippen molar-refractivity contribution in [2.75, 3.05) is 12.3 Å². The minimum atomic E-state index is -0.0320. The third kappa shape index (κ3) is 3.85. The lowest BCUT2D eigenvalue weighted by Crippen LogP contribution is -2.25. The number of nitrogen functional groups attached to an aromatic ring is 1. The number of carbonyl (C=O) groups excluding carboxylic acids is 1. The predicted octanol–water partition coefficient (Wildman–Crippen LogP) is 2.55. The molecule has 19 heavy (non-hydrogen) atoms. The molecule has 3 nitrogen and oxygen atoms in total. The third-order valence-corrected chi connectivity index (χ3v) is 2.99. The number of amides is 1. The smallest absolute Gasteiger partial charge is 0.251 e. The second-order valence-electron chi connectivity index (χ2n) is 4.61. The lowest BCUT2D eigenvalue weighted by Gasteiger charge is -2.06. The van der Waals surface area contributed by atoms with E-state index in [0.29, 0.717) is 12.1 Å². The van der Waals surface area contributed by atoms with E-state index in [0.717, 1.165) is 17.7 Å². The maximum Gasteiger partial charge on any atom is 0.251 e. The maximum absolute atomic E-state index is 11.9. The van der Waals surface area contributed by atoms with Gasteiger partial charge < -0.3 is 11.1 Å². The van der Waals surface area contributed by atoms with Gasteiger partial charge >= 0.3 is 0 Å². The molecule has 0 saturated heterocycles. The van der Waals surface area contributed by atoms with Crippen LogP contribution in [0, 0.1) is 6.92 Å². The van der Waals surface area contributed by atoms with Crippen molar-refractivity contribution in [3.05, 3.63) is 65.2 Å². The van der Waals surface area contributed by atoms with Crippen molar-refractivity contribution in [2.24, 2.45) is 0 Å². The summed E-state index contributed by atoms with van der Waals surface area (Å²) in [6, 6.07) is 15.3. The minimum absolute atomic E-state index is 0.0320. The first-order valence-corrected chi connectivity index (χ1v) is 6.34. The molecule has 0 aromatic heterocycles. The summed E-state index contributed by atoms with van der Waals surface area (Å²) in [5, 5.41) is 2.91. The topological polar surface area (TPSA) is 55.1 Å². The number of rotatable bonds is 4. The van der Waals surface area contributed by atoms with Crippen molar-refractivity contribution >= 4 is 11.6 Å². The van der Waals surface area contributed by atoms with Gasteiger partial charge in [0.25, 0.3) is 5.91 Å². The Morgan fingerprint density at radius 2 is 1.68 bits per heavy atom. The van der Waals surface area contributed by atoms with Crippen molar-refractivity contribution < 1.29 is 4.79 Å². The fourth-order valence-electron chi connectivity index (χ4n) is 1.81. The molecule has 2 rings (SSSR count). The largest absolute Gasteiger partial charge is 0.399 e. The van der Waals surface area contributed by atoms with E-state index in [1.807, 2.05) is 55.5 Å². The molecule has 0 heterocycles. The second kappa shape index (κ2) is 6.05. The highest BCUT2D eigenvalue weighted by molar-refractivity contribution is 5.94. The van der Waals surface area contributed by atoms with E-state index in [-0.39, 0.29) is 5.91 Å². The zero-order chi connectivity index (χ0) is 13.7. The highest BCUT2D eigenvalue weighted by atomic mass is 16.1. The molecule has 3 heteroatoms. The zero-order valence-electron chi connectivity index (χ0n) is 11.0. The van der Waals surface area contributed by atoms with Gasteiger partial charge in [-0.1, -0.05) is 29.8 Å². The van der Waals surface area contributed by atoms with Crippen LogP contribution < -0.4 is 11.1 Å². The number of hydrogen-bond acceptors (Lipinski definition) is 2. The normalized spacial score (nSPS) is 10.2. The van der Waals surface area contributed by atoms with Gasteiger partial charge in [-0.05, 0) is 43.2 Å². The first kappa shape index (κ1) is 13.1. The Morgan fingerprint density at radius 3 is 2.32 bits per heavy atom. The number of benzene rings is 2. The van der Waals surface area contributed by atoms with Crippen LogP contribution in [-0.2, 0) is 6.42 Å². The van der Waals surface area contributed by atoms with E-state index >= 15 is 0 Å². The summed E-state index contributed by atoms with van der Waals surface area (Å²) in [6.07, 6.45) is 0.803. The summed E-state index contributed by atoms with van der Waals surface area (Å²) in [7, 11) is 0. The Hall–Kier alpha value is -2.29. The SMILES string of the molecule is Cc1ccc(C(=O)NCCc2ccc(N)cc2)cc1. The first-order valence-electron chi connectivity index (χ1n) is 6.34. The van der Waals surface area contributed by atoms with Crippen LogP contribution in [0.4, 0.5) is 5.69 Å². The summed E-state index contributed by atoms with van der Waals surface area (Å²) in [6.45, 7) is 2.62. The van der Waals surface area contributed by atoms with Crippen molar-refractivity contribution in [2.45, 2.75) is 13.3 Å². The average molecular weight is 254 g/mol. The highest BCUT2D eigenvalue weighted by Gasteiger charge is 2.03. The van der Waals surface area contributed by atoms with Crippen molar-refractivity contribution in [1.29, 1.82) is 0 Å². The lowest BCUT2D eigenvalue weighted by molar-refractivity contribution is 0.0954. The third-order valence-electron chi connectivity index (χ3n) is 2.99. The van der Waals surface area contributed by atoms with E-state index < -0.39 is 0 Å². The molecule has 0 atom stereocenters. The van der Waals surface area contributed by atoms with Crippen LogP contribution >= 0.6 is 0 Å². The Labute approximate surface area is 113 Å². The summed E-state index contributed by atoms with van der Waals surface area (Å²) < 4.78 is 0. The number of nitrogens with one attached hydrogen (secondary N) is 1. The van der Waals surface area contributed by atoms with Crippen LogP contribution in [0.5, 0.6) is 0 Å². The molecule has 1 amide bonds. The van der Waals surface area contributed by atoms with Gasteiger partial charge in [-0.3, -0.25) is 4.79 Å². The van der Waals surface area contributed by atoms with E-state index in [4.69, 9.17) is 5.73 Å². The Morgan fingerprint density at radius 1 is 1.05 bits per heavy atom. The van der Waals surface area contributed by atoms with Crippen molar-refractivity contribution in [3.8, 4) is 0 Å². The number of nitrogens with two attached hydrogens (primary N) is 1. The molecule has 98 valence electrons. The van der Waals surface area contributed by atoms with Gasteiger partial charge in [-0.15, -0.1) is 0 Å². The van der Waals surface area contributed by atoms with E-state index in [9.17, 15) is 4.79 Å². The summed E-state index contributed by atoms with van der Waals surface area (Å²) in [5.41, 5.74) is 9.39. The molecule has 0 unspecified atom stereocenters. The average Bonchev–Trinajstić information content (AvgIpc) is 2.41. The van der Waals surface area contributed by atoms with Crippen LogP contribution in [0.3, 0.4) is 0 Å². The Bertz CT molecular complexity index is 544. The molecule has 2 aromatic carbocycles. The standard InChI is InChI=1S/C16H18N2O/c1-12-2-6-14(7-3-12)16(19)18-11-10-13-4-8-15(17)9-5-13/h2-9H,10-11,17H2,1H3,(H,18,19). The van der Waals surface area contributed by atoms with Crippen LogP contribution in [0.1, 0.15) is 21.5 Å². The number of hydrogen-bond donors (Lipinski definition) is 2. The fourth-order valence-corrected chi connectivity index (χ4v) is 1.81. The maximum atomic E-state index is 11.9. The van der Waals surface area contributed by atoms with Gasteiger partial charge in [-0.25, -0.2) is 0 Å². The molecule has 0 aliphatic rings. The van der Waals surface area contributed by atoms with Crippen LogP contribution in [0.15, 0.2) is 48.5 Å². The van der Waals surface area contributed by atoms with Gasteiger partial charge in [-0.2, -0.15) is 0 Å². The molecular weight excluding hydrogens is 236 g/mol. The molecule has 3 N–H and O–H groups in total. The zero-order valence-corrected chi connectivity index (χ0v) is 11.0. The molecule has 0 spiro atoms. The molecule has 0 saturated carbocycles. The van der Waals surface area contributed by atoms with Gasteiger partial charge in [0.15, 0.2) is 0 Å². The van der Waals surface area contributed by atoms with Crippen LogP contribution in [0.25, 0.3) is 0 Å². The van der Waals surface area contributed by atoms with E-state index in [2.05, 4.69) is 5.32 Å². The molecule has 0 bridgehead atoms. The van der Waals surface area contributed by atoms with Gasteiger partial charge in [0, 0.05) is 17.8 Å². The van der Waals surface area contributed by atoms with Gasteiger partial charge in [0.05, 0.1) is 0 Å². The summed E-state index contributed by atoms with van der Waals surface area (Å²) in [4.78, 5) is 11.9. The van der Waals surface area contributed by atoms with E-state index in [1.54, 1.807) is 0 Å². The van der Waals surface area contributed by atoms with Gasteiger partial charge in [0.1, 0.15) is 0 Å². The summed E-state index contributed by atoms with van der Waals surface area (Å²) in [5.74, 6) is -0.0320. The van der Waals surface area contributed by atoms with Gasteiger partial charge in [0.2, 0.25) is 0 Å². The first-order chi connectivity index (χ1) is 9.15. The molecular formula is C16H18N2O. The summed E-state index contributed by atoms with van der Waals surface area (Å²) >= 11 is 0. The Kier molecular flexibility index (Phi) is 4.18. The molecule has 0 aliphatic carbocycles. The van der Waals surface area contributed by atoms with Crippen molar-refractivity contribution in [3.63, 3.8) is 0 Å². The fraction of sp³-hybridized carbons (Fsp3) is 0.188. The van der Waals surface area contributed by atoms with Crippen LogP contribution in [0.2, 0.25) is 0 Å². The quantitative estimate of drug-likeness (QED) is 0.824. The van der Waals surface area contributed by atoms with Crippen LogP contribution in [-0.4, -0.2) is 12.5 Å². The predicted molar refractivity (Wildman–Crippen MR) is 78.1 cm³/mol. The highest BCUT2D eigenvalue weighted by Crippen LogP contribution is 2.06. The van der Waals surface area contributed by atoms with Crippen molar-refractivity contribution in [1.82, 2.24) is 5.32 Å². The number of aryl methyl sites for hydroxylation is 1. The van der Waals surface area contributed by atoms with E-state index in [1.165, 1.54) is 5.56 Å². The monoisotopic (exact) mass is 254 g/mol. The molecule has 0 aliphatic heterocycles. The second-order valence-corrected chi connectivity index (χ2v) is 4.61.